The zero-order valence-electron chi connectivity index (χ0n) is 17.3. The number of aliphatic imine (C=N–C) groups is 1. The van der Waals surface area contributed by atoms with Crippen LogP contribution < -0.4 is 0 Å². The second kappa shape index (κ2) is 8.35. The number of nitrogens with zero attached hydrogens (tertiary/aromatic N) is 4. The number of aromatic nitrogens is 2. The molecule has 6 nitrogen and oxygen atoms in total. The van der Waals surface area contributed by atoms with Crippen LogP contribution in [0.1, 0.15) is 23.1 Å². The van der Waals surface area contributed by atoms with E-state index in [1.54, 1.807) is 4.68 Å². The molecule has 1 saturated heterocycles. The minimum Gasteiger partial charge on any atom is -0.391 e. The summed E-state index contributed by atoms with van der Waals surface area (Å²) in [4.78, 5) is 18.7. The van der Waals surface area contributed by atoms with Gasteiger partial charge in [0.15, 0.2) is 0 Å². The fraction of sp³-hybridized carbons (Fsp3) is 0.261. The summed E-state index contributed by atoms with van der Waals surface area (Å²) in [7, 11) is 0. The number of benzene rings is 2. The molecule has 3 aromatic rings. The number of aliphatic hydroxyl groups is 1. The minimum atomic E-state index is -4.36. The van der Waals surface area contributed by atoms with Gasteiger partial charge >= 0.3 is 11.4 Å². The number of thioether (sulfide) groups is 1. The third-order valence-corrected chi connectivity index (χ3v) is 6.36. The van der Waals surface area contributed by atoms with E-state index in [1.165, 1.54) is 12.1 Å². The van der Waals surface area contributed by atoms with Gasteiger partial charge in [-0.1, -0.05) is 18.2 Å². The monoisotopic (exact) mass is 472 g/mol. The molecule has 3 heterocycles. The van der Waals surface area contributed by atoms with Gasteiger partial charge in [0, 0.05) is 24.7 Å². The maximum atomic E-state index is 12.8. The van der Waals surface area contributed by atoms with E-state index in [0.29, 0.717) is 37.5 Å². The lowest BCUT2D eigenvalue weighted by Crippen LogP contribution is -2.29. The van der Waals surface area contributed by atoms with Crippen molar-refractivity contribution in [3.63, 3.8) is 0 Å². The van der Waals surface area contributed by atoms with Gasteiger partial charge in [-0.3, -0.25) is 9.48 Å². The summed E-state index contributed by atoms with van der Waals surface area (Å²) in [6.07, 6.45) is -0.388. The van der Waals surface area contributed by atoms with Crippen molar-refractivity contribution in [3.05, 3.63) is 70.3 Å². The van der Waals surface area contributed by atoms with Gasteiger partial charge in [-0.2, -0.15) is 23.3 Å². The van der Waals surface area contributed by atoms with Crippen LogP contribution in [0.5, 0.6) is 0 Å². The molecular formula is C23H19F3N4O2S. The van der Waals surface area contributed by atoms with Crippen molar-refractivity contribution < 1.29 is 23.1 Å². The van der Waals surface area contributed by atoms with Crippen LogP contribution in [0.3, 0.4) is 0 Å². The van der Waals surface area contributed by atoms with Gasteiger partial charge in [-0.25, -0.2) is 0 Å². The summed E-state index contributed by atoms with van der Waals surface area (Å²) in [6.45, 7) is 1.46. The molecular weight excluding hydrogens is 453 g/mol. The third-order valence-electron chi connectivity index (χ3n) is 5.58. The number of rotatable bonds is 3. The summed E-state index contributed by atoms with van der Waals surface area (Å²) in [5.41, 5.74) is 1.67. The summed E-state index contributed by atoms with van der Waals surface area (Å²) in [5.74, 6) is 0.597. The van der Waals surface area contributed by atoms with Crippen molar-refractivity contribution in [1.82, 2.24) is 14.7 Å². The topological polar surface area (TPSA) is 70.7 Å². The van der Waals surface area contributed by atoms with Crippen molar-refractivity contribution in [2.24, 2.45) is 4.99 Å². The number of likely N-dealkylation sites (tertiary alicyclic amines) is 1. The second-order valence-electron chi connectivity index (χ2n) is 8.04. The standard InChI is InChI=1S/C23H19F3N4O2S/c24-23(25,26)17-4-1-14(2-5-17)11-30-12-16-9-15(3-6-19(16)28-30)10-20-21(27-22(32)33-20)29-8-7-18(31)13-29/h1-6,9-10,12,18,31H,7-8,11,13H2/b20-10-. The van der Waals surface area contributed by atoms with E-state index < -0.39 is 17.8 Å². The number of hydrogen-bond donors (Lipinski definition) is 1. The highest BCUT2D eigenvalue weighted by Gasteiger charge is 2.31. The maximum absolute atomic E-state index is 12.8. The first-order valence-corrected chi connectivity index (χ1v) is 11.2. The zero-order chi connectivity index (χ0) is 23.2. The predicted molar refractivity (Wildman–Crippen MR) is 121 cm³/mol. The molecule has 0 bridgehead atoms. The molecule has 2 aromatic carbocycles. The lowest BCUT2D eigenvalue weighted by molar-refractivity contribution is -0.137. The average Bonchev–Trinajstić information content (AvgIpc) is 3.45. The Kier molecular flexibility index (Phi) is 5.49. The fourth-order valence-electron chi connectivity index (χ4n) is 3.96. The molecule has 1 fully saturated rings. The van der Waals surface area contributed by atoms with E-state index in [2.05, 4.69) is 10.1 Å². The summed E-state index contributed by atoms with van der Waals surface area (Å²) >= 11 is 1.07. The van der Waals surface area contributed by atoms with E-state index >= 15 is 0 Å². The van der Waals surface area contributed by atoms with Crippen LogP contribution in [0.4, 0.5) is 18.0 Å². The second-order valence-corrected chi connectivity index (χ2v) is 9.03. The SMILES string of the molecule is O=C1N=C(N2CCC(O)C2)/C(=C/c2ccc3nn(Cc4ccc(C(F)(F)F)cc4)cc3c2)S1. The molecule has 1 amide bonds. The molecule has 5 rings (SSSR count). The van der Waals surface area contributed by atoms with Crippen LogP contribution in [0.15, 0.2) is 58.6 Å². The highest BCUT2D eigenvalue weighted by atomic mass is 32.2. The van der Waals surface area contributed by atoms with Gasteiger partial charge < -0.3 is 10.0 Å². The minimum absolute atomic E-state index is 0.275. The predicted octanol–water partition coefficient (Wildman–Crippen LogP) is 4.78. The highest BCUT2D eigenvalue weighted by molar-refractivity contribution is 8.18. The number of carbonyl (C=O) groups excluding carboxylic acids is 1. The number of fused-ring (bicyclic) bond motifs is 1. The number of aliphatic hydroxyl groups excluding tert-OH is 1. The number of halogens is 3. The van der Waals surface area contributed by atoms with Crippen molar-refractivity contribution >= 4 is 39.8 Å². The van der Waals surface area contributed by atoms with Crippen molar-refractivity contribution in [1.29, 1.82) is 0 Å². The molecule has 1 unspecified atom stereocenters. The highest BCUT2D eigenvalue weighted by Crippen LogP contribution is 2.33. The summed E-state index contributed by atoms with van der Waals surface area (Å²) < 4.78 is 40.0. The molecule has 10 heteroatoms. The molecule has 1 atom stereocenters. The van der Waals surface area contributed by atoms with Gasteiger partial charge in [0.25, 0.3) is 0 Å². The van der Waals surface area contributed by atoms with Crippen LogP contribution in [0.25, 0.3) is 17.0 Å². The smallest absolute Gasteiger partial charge is 0.391 e. The van der Waals surface area contributed by atoms with Gasteiger partial charge in [0.05, 0.1) is 28.6 Å². The Hall–Kier alpha value is -3.11. The fourth-order valence-corrected chi connectivity index (χ4v) is 4.74. The van der Waals surface area contributed by atoms with Crippen LogP contribution in [-0.4, -0.2) is 50.1 Å². The molecule has 0 saturated carbocycles. The van der Waals surface area contributed by atoms with E-state index in [0.717, 1.165) is 45.3 Å². The van der Waals surface area contributed by atoms with Crippen molar-refractivity contribution in [2.45, 2.75) is 25.2 Å². The van der Waals surface area contributed by atoms with Crippen molar-refractivity contribution in [3.8, 4) is 0 Å². The van der Waals surface area contributed by atoms with E-state index in [1.807, 2.05) is 35.4 Å². The Morgan fingerprint density at radius 1 is 1.18 bits per heavy atom. The normalized spacial score (nSPS) is 20.3. The number of carbonyl (C=O) groups is 1. The maximum Gasteiger partial charge on any atom is 0.416 e. The molecule has 1 N–H and O–H groups in total. The first kappa shape index (κ1) is 21.7. The third kappa shape index (κ3) is 4.67. The van der Waals surface area contributed by atoms with Gasteiger partial charge in [-0.05, 0) is 59.7 Å². The number of alkyl halides is 3. The molecule has 2 aliphatic heterocycles. The lowest BCUT2D eigenvalue weighted by Gasteiger charge is -2.17. The van der Waals surface area contributed by atoms with Gasteiger partial charge in [-0.15, -0.1) is 0 Å². The quantitative estimate of drug-likeness (QED) is 0.594. The molecule has 1 aromatic heterocycles. The molecule has 0 spiro atoms. The largest absolute Gasteiger partial charge is 0.416 e. The molecule has 170 valence electrons. The Labute approximate surface area is 191 Å². The molecule has 0 radical (unpaired) electrons. The van der Waals surface area contributed by atoms with E-state index in [9.17, 15) is 23.1 Å². The number of amides is 1. The van der Waals surface area contributed by atoms with E-state index in [-0.39, 0.29) is 5.24 Å². The number of hydrogen-bond acceptors (Lipinski definition) is 5. The molecule has 0 aliphatic carbocycles. The van der Waals surface area contributed by atoms with Gasteiger partial charge in [0.2, 0.25) is 0 Å². The Bertz CT molecular complexity index is 1280. The Balaban J connectivity index is 1.36. The van der Waals surface area contributed by atoms with Gasteiger partial charge in [0.1, 0.15) is 5.84 Å². The first-order chi connectivity index (χ1) is 15.7. The summed E-state index contributed by atoms with van der Waals surface area (Å²) in [5, 5.41) is 14.9. The molecule has 2 aliphatic rings. The average molecular weight is 472 g/mol. The lowest BCUT2D eigenvalue weighted by atomic mass is 10.1. The summed E-state index contributed by atoms with van der Waals surface area (Å²) in [6, 6.07) is 10.8. The first-order valence-electron chi connectivity index (χ1n) is 10.3. The van der Waals surface area contributed by atoms with E-state index in [4.69, 9.17) is 0 Å². The number of β-amino-alcohol motifs (C(OH)–C–C–N with tert-alkyl or cyclic N) is 1. The van der Waals surface area contributed by atoms with Crippen LogP contribution in [-0.2, 0) is 12.7 Å². The van der Waals surface area contributed by atoms with Crippen LogP contribution in [0.2, 0.25) is 0 Å². The van der Waals surface area contributed by atoms with Crippen LogP contribution in [0, 0.1) is 0 Å². The Morgan fingerprint density at radius 2 is 1.97 bits per heavy atom. The Morgan fingerprint density at radius 3 is 2.67 bits per heavy atom. The van der Waals surface area contributed by atoms with Crippen molar-refractivity contribution in [2.75, 3.05) is 13.1 Å². The molecule has 33 heavy (non-hydrogen) atoms. The van der Waals surface area contributed by atoms with Crippen LogP contribution >= 0.6 is 11.8 Å². The zero-order valence-corrected chi connectivity index (χ0v) is 18.1. The number of amidine groups is 1.